The van der Waals surface area contributed by atoms with Crippen LogP contribution in [0.5, 0.6) is 5.88 Å². The van der Waals surface area contributed by atoms with Gasteiger partial charge in [-0.15, -0.1) is 0 Å². The number of fused-ring (bicyclic) bond motifs is 4. The smallest absolute Gasteiger partial charge is 0.417 e. The first-order valence-corrected chi connectivity index (χ1v) is 17.0. The summed E-state index contributed by atoms with van der Waals surface area (Å²) >= 11 is 0. The van der Waals surface area contributed by atoms with E-state index in [4.69, 9.17) is 20.4 Å². The Balaban J connectivity index is 1.12. The predicted octanol–water partition coefficient (Wildman–Crippen LogP) is 4.66. The molecule has 6 heterocycles. The number of carbonyl (C=O) groups excluding carboxylic acids is 2. The van der Waals surface area contributed by atoms with Crippen LogP contribution in [0, 0.1) is 18.8 Å². The fourth-order valence-corrected chi connectivity index (χ4v) is 8.19. The van der Waals surface area contributed by atoms with E-state index in [1.54, 1.807) is 26.2 Å². The van der Waals surface area contributed by atoms with E-state index in [2.05, 4.69) is 9.88 Å². The lowest BCUT2D eigenvalue weighted by Gasteiger charge is -2.43. The van der Waals surface area contributed by atoms with Gasteiger partial charge in [0.15, 0.2) is 11.5 Å². The number of hydrogen-bond donors (Lipinski definition) is 3. The summed E-state index contributed by atoms with van der Waals surface area (Å²) < 4.78 is 49.2. The third kappa shape index (κ3) is 5.17. The molecule has 2 aliphatic heterocycles. The average Bonchev–Trinajstić information content (AvgIpc) is 3.36. The Morgan fingerprint density at radius 1 is 1.14 bits per heavy atom. The second-order valence-corrected chi connectivity index (χ2v) is 14.5. The molecule has 11 nitrogen and oxygen atoms in total. The SMILES string of the molecule is COc1cc(C(=O)N2[C@H]3CC[C@@H]2[C@H](N)C3)cc2nc(-c3cc4ccc([C@@H](C)NC(=O)C5CC(O)(C(F)(F)F)C5)nc4n3CC3CC3)c(C)n12. The van der Waals surface area contributed by atoms with Crippen LogP contribution < -0.4 is 15.8 Å². The van der Waals surface area contributed by atoms with Gasteiger partial charge in [-0.05, 0) is 89.0 Å². The van der Waals surface area contributed by atoms with E-state index in [9.17, 15) is 27.9 Å². The number of methoxy groups -OCH3 is 1. The maximum Gasteiger partial charge on any atom is 0.417 e. The van der Waals surface area contributed by atoms with Gasteiger partial charge in [0, 0.05) is 47.6 Å². The summed E-state index contributed by atoms with van der Waals surface area (Å²) in [6.07, 6.45) is -1.16. The van der Waals surface area contributed by atoms with E-state index in [0.29, 0.717) is 28.7 Å². The molecule has 49 heavy (non-hydrogen) atoms. The number of nitrogens with zero attached hydrogens (tertiary/aromatic N) is 5. The quantitative estimate of drug-likeness (QED) is 0.246. The summed E-state index contributed by atoms with van der Waals surface area (Å²) in [5.74, 6) is -0.525. The number of amides is 2. The summed E-state index contributed by atoms with van der Waals surface area (Å²) in [5.41, 5.74) is 8.35. The number of carbonyl (C=O) groups is 2. The van der Waals surface area contributed by atoms with Gasteiger partial charge in [0.25, 0.3) is 5.91 Å². The van der Waals surface area contributed by atoms with Gasteiger partial charge in [-0.2, -0.15) is 13.2 Å². The number of rotatable bonds is 8. The van der Waals surface area contributed by atoms with Crippen molar-refractivity contribution in [3.05, 3.63) is 47.3 Å². The summed E-state index contributed by atoms with van der Waals surface area (Å²) in [4.78, 5) is 38.5. The predicted molar refractivity (Wildman–Crippen MR) is 174 cm³/mol. The van der Waals surface area contributed by atoms with E-state index < -0.39 is 42.5 Å². The lowest BCUT2D eigenvalue weighted by atomic mass is 9.70. The molecule has 4 aromatic rings. The highest BCUT2D eigenvalue weighted by Crippen LogP contribution is 2.49. The number of nitrogens with two attached hydrogens (primary N) is 1. The molecule has 14 heteroatoms. The summed E-state index contributed by atoms with van der Waals surface area (Å²) in [6.45, 7) is 4.43. The minimum Gasteiger partial charge on any atom is -0.482 e. The van der Waals surface area contributed by atoms with Crippen molar-refractivity contribution < 1.29 is 32.6 Å². The fourth-order valence-electron chi connectivity index (χ4n) is 8.19. The Morgan fingerprint density at radius 2 is 1.90 bits per heavy atom. The standard InChI is InChI=1S/C35H40F3N7O4/c1-17(40-32(46)22-14-34(48,15-22)35(36,37)38)25-8-6-20-10-27(43(31(20)41-25)16-19-4-5-19)30-18(2)44-28(42-30)11-21(12-29(44)49-3)33(47)45-23-7-9-26(45)24(39)13-23/h6,8,10-12,17,19,22-24,26,48H,4-5,7,9,13-16,39H2,1-3H3,(H,40,46)/t17-,22?,23+,24-,26-,34?/m1/s1. The summed E-state index contributed by atoms with van der Waals surface area (Å²) in [5, 5.41) is 13.5. The first-order valence-electron chi connectivity index (χ1n) is 17.0. The maximum atomic E-state index is 13.8. The zero-order valence-electron chi connectivity index (χ0n) is 27.6. The molecular formula is C35H40F3N7O4. The minimum absolute atomic E-state index is 0.00191. The molecule has 4 aromatic heterocycles. The third-order valence-electron chi connectivity index (χ3n) is 11.2. The Hall–Kier alpha value is -4.17. The summed E-state index contributed by atoms with van der Waals surface area (Å²) in [7, 11) is 1.58. The van der Waals surface area contributed by atoms with Gasteiger partial charge in [0.1, 0.15) is 17.0 Å². The van der Waals surface area contributed by atoms with Crippen LogP contribution in [-0.4, -0.2) is 77.8 Å². The molecule has 4 fully saturated rings. The van der Waals surface area contributed by atoms with Gasteiger partial charge in [-0.25, -0.2) is 9.97 Å². The zero-order chi connectivity index (χ0) is 34.6. The van der Waals surface area contributed by atoms with Crippen LogP contribution in [0.25, 0.3) is 28.1 Å². The second kappa shape index (κ2) is 11.2. The molecule has 4 atom stereocenters. The van der Waals surface area contributed by atoms with E-state index in [1.807, 2.05) is 34.4 Å². The monoisotopic (exact) mass is 679 g/mol. The molecule has 2 saturated carbocycles. The number of hydrogen-bond acceptors (Lipinski definition) is 7. The molecule has 0 spiro atoms. The van der Waals surface area contributed by atoms with Crippen molar-refractivity contribution in [2.24, 2.45) is 17.6 Å². The topological polar surface area (TPSA) is 140 Å². The molecule has 4 aliphatic rings. The van der Waals surface area contributed by atoms with E-state index in [-0.39, 0.29) is 24.0 Å². The summed E-state index contributed by atoms with van der Waals surface area (Å²) in [6, 6.07) is 9.00. The number of imidazole rings is 1. The van der Waals surface area contributed by atoms with E-state index in [0.717, 1.165) is 66.8 Å². The Bertz CT molecular complexity index is 1990. The first kappa shape index (κ1) is 32.1. The van der Waals surface area contributed by atoms with Crippen LogP contribution in [0.4, 0.5) is 13.2 Å². The molecule has 2 amide bonds. The van der Waals surface area contributed by atoms with Crippen LogP contribution in [0.1, 0.15) is 79.7 Å². The van der Waals surface area contributed by atoms with Gasteiger partial charge in [0.05, 0.1) is 30.2 Å². The molecular weight excluding hydrogens is 639 g/mol. The molecule has 4 N–H and O–H groups in total. The Kier molecular flexibility index (Phi) is 7.31. The van der Waals surface area contributed by atoms with Crippen LogP contribution in [0.15, 0.2) is 30.3 Å². The van der Waals surface area contributed by atoms with Crippen molar-refractivity contribution in [1.82, 2.24) is 29.2 Å². The van der Waals surface area contributed by atoms with Crippen molar-refractivity contribution >= 4 is 28.5 Å². The molecule has 260 valence electrons. The van der Waals surface area contributed by atoms with Gasteiger partial charge in [0.2, 0.25) is 5.91 Å². The van der Waals surface area contributed by atoms with Gasteiger partial charge in [-0.3, -0.25) is 14.0 Å². The maximum absolute atomic E-state index is 13.8. The highest BCUT2D eigenvalue weighted by atomic mass is 19.4. The zero-order valence-corrected chi connectivity index (χ0v) is 27.6. The third-order valence-corrected chi connectivity index (χ3v) is 11.2. The average molecular weight is 680 g/mol. The van der Waals surface area contributed by atoms with Crippen molar-refractivity contribution in [2.45, 2.75) is 101 Å². The van der Waals surface area contributed by atoms with Crippen LogP contribution in [0.3, 0.4) is 0 Å². The van der Waals surface area contributed by atoms with Crippen molar-refractivity contribution in [3.8, 4) is 17.3 Å². The first-order chi connectivity index (χ1) is 23.3. The number of pyridine rings is 2. The normalized spacial score (nSPS) is 27.1. The van der Waals surface area contributed by atoms with Crippen LogP contribution in [-0.2, 0) is 11.3 Å². The highest BCUT2D eigenvalue weighted by Gasteiger charge is 2.62. The van der Waals surface area contributed by atoms with Gasteiger partial charge in [-0.1, -0.05) is 0 Å². The van der Waals surface area contributed by atoms with Crippen molar-refractivity contribution in [2.75, 3.05) is 7.11 Å². The Labute approximate surface area is 280 Å². The molecule has 8 rings (SSSR count). The van der Waals surface area contributed by atoms with Gasteiger partial charge < -0.3 is 30.4 Å². The highest BCUT2D eigenvalue weighted by molar-refractivity contribution is 5.97. The number of nitrogens with one attached hydrogen (secondary N) is 1. The van der Waals surface area contributed by atoms with E-state index in [1.165, 1.54) is 0 Å². The molecule has 2 saturated heterocycles. The number of alkyl halides is 3. The lowest BCUT2D eigenvalue weighted by Crippen LogP contribution is -2.58. The molecule has 0 aromatic carbocycles. The minimum atomic E-state index is -4.77. The molecule has 0 radical (unpaired) electrons. The lowest BCUT2D eigenvalue weighted by molar-refractivity contribution is -0.296. The largest absolute Gasteiger partial charge is 0.482 e. The number of halogens is 3. The molecule has 0 unspecified atom stereocenters. The number of aryl methyl sites for hydroxylation is 1. The molecule has 2 bridgehead atoms. The van der Waals surface area contributed by atoms with Crippen molar-refractivity contribution in [1.29, 1.82) is 0 Å². The fraction of sp³-hybridized carbons (Fsp3) is 0.543. The van der Waals surface area contributed by atoms with Crippen LogP contribution in [0.2, 0.25) is 0 Å². The number of aliphatic hydroxyl groups is 1. The number of aromatic nitrogens is 4. The Morgan fingerprint density at radius 3 is 2.53 bits per heavy atom. The molecule has 2 aliphatic carbocycles. The second-order valence-electron chi connectivity index (χ2n) is 14.5. The van der Waals surface area contributed by atoms with Crippen LogP contribution >= 0.6 is 0 Å². The van der Waals surface area contributed by atoms with Crippen molar-refractivity contribution in [3.63, 3.8) is 0 Å². The van der Waals surface area contributed by atoms with Gasteiger partial charge >= 0.3 is 6.18 Å². The number of ether oxygens (including phenoxy) is 1. The van der Waals surface area contributed by atoms with E-state index >= 15 is 0 Å².